The molecule has 80 heavy (non-hydrogen) atoms. The van der Waals surface area contributed by atoms with Gasteiger partial charge in [0.15, 0.2) is 0 Å². The number of nitrogens with zero attached hydrogens (tertiary/aromatic N) is 9. The van der Waals surface area contributed by atoms with Crippen molar-refractivity contribution >= 4 is 58.5 Å². The molecule has 9 rings (SSSR count). The zero-order valence-electron chi connectivity index (χ0n) is 44.6. The van der Waals surface area contributed by atoms with Gasteiger partial charge in [-0.2, -0.15) is 0 Å². The van der Waals surface area contributed by atoms with E-state index in [0.29, 0.717) is 121 Å². The minimum absolute atomic E-state index is 0.0556. The van der Waals surface area contributed by atoms with Gasteiger partial charge in [0.25, 0.3) is 17.7 Å². The molecule has 418 valence electrons. The Bertz CT molecular complexity index is 3110. The van der Waals surface area contributed by atoms with Crippen molar-refractivity contribution in [1.29, 1.82) is 0 Å². The summed E-state index contributed by atoms with van der Waals surface area (Å²) < 4.78 is 24.3. The van der Waals surface area contributed by atoms with Crippen LogP contribution in [0.25, 0.3) is 11.3 Å². The lowest BCUT2D eigenvalue weighted by molar-refractivity contribution is -0.136. The molecule has 3 aliphatic rings. The normalized spacial score (nSPS) is 15.5. The van der Waals surface area contributed by atoms with Gasteiger partial charge in [0.1, 0.15) is 6.04 Å². The van der Waals surface area contributed by atoms with Gasteiger partial charge in [0, 0.05) is 105 Å². The van der Waals surface area contributed by atoms with Crippen molar-refractivity contribution in [2.45, 2.75) is 58.2 Å². The molecule has 0 radical (unpaired) electrons. The maximum absolute atomic E-state index is 13.3. The molecule has 23 nitrogen and oxygen atoms in total. The molecule has 0 saturated carbocycles. The largest absolute Gasteiger partial charge is 0.382 e. The van der Waals surface area contributed by atoms with Crippen LogP contribution in [0.3, 0.4) is 0 Å². The van der Waals surface area contributed by atoms with Crippen molar-refractivity contribution in [3.05, 3.63) is 137 Å². The Balaban J connectivity index is 0.569. The van der Waals surface area contributed by atoms with Crippen LogP contribution in [-0.4, -0.2) is 172 Å². The van der Waals surface area contributed by atoms with E-state index < -0.39 is 29.7 Å². The first-order chi connectivity index (χ1) is 39.1. The van der Waals surface area contributed by atoms with E-state index in [4.69, 9.17) is 18.9 Å². The maximum atomic E-state index is 13.3. The maximum Gasteiger partial charge on any atom is 0.264 e. The van der Waals surface area contributed by atoms with Gasteiger partial charge in [-0.3, -0.25) is 48.9 Å². The molecule has 0 spiro atoms. The number of rotatable bonds is 28. The van der Waals surface area contributed by atoms with E-state index in [0.717, 1.165) is 58.3 Å². The highest BCUT2D eigenvalue weighted by molar-refractivity contribution is 6.25. The van der Waals surface area contributed by atoms with E-state index >= 15 is 0 Å². The number of amides is 6. The van der Waals surface area contributed by atoms with Crippen molar-refractivity contribution < 1.29 is 47.7 Å². The predicted molar refractivity (Wildman–Crippen MR) is 294 cm³/mol. The number of nitrogens with one attached hydrogen (secondary N) is 4. The number of ether oxygens (including phenoxy) is 4. The molecule has 3 aliphatic heterocycles. The van der Waals surface area contributed by atoms with Crippen molar-refractivity contribution in [3.63, 3.8) is 0 Å². The highest BCUT2D eigenvalue weighted by atomic mass is 16.6. The molecular formula is C57H65N13O10. The fourth-order valence-electron chi connectivity index (χ4n) is 9.41. The minimum atomic E-state index is -1.02. The first kappa shape index (κ1) is 56.4. The van der Waals surface area contributed by atoms with Gasteiger partial charge >= 0.3 is 0 Å². The van der Waals surface area contributed by atoms with E-state index in [1.54, 1.807) is 41.5 Å². The molecule has 23 heteroatoms. The predicted octanol–water partition coefficient (Wildman–Crippen LogP) is 4.68. The molecule has 2 fully saturated rings. The third-order valence-electron chi connectivity index (χ3n) is 13.7. The first-order valence-corrected chi connectivity index (χ1v) is 26.9. The average molecular weight is 1090 g/mol. The summed E-state index contributed by atoms with van der Waals surface area (Å²) in [5, 5.41) is 20.1. The zero-order chi connectivity index (χ0) is 55.6. The van der Waals surface area contributed by atoms with Crippen LogP contribution >= 0.6 is 0 Å². The zero-order valence-corrected chi connectivity index (χ0v) is 44.6. The molecule has 3 aromatic carbocycles. The van der Waals surface area contributed by atoms with Gasteiger partial charge in [-0.25, -0.2) is 14.6 Å². The number of piperidine rings is 1. The SMILES string of the molecule is Cc1ccc(NC(=O)c2ccc(CN3CCN(C(=O)CCCc4cn(CCOCCOCCOCCOCCNc5cccc6c5C(=O)N(C5CCC(=O)NC5=O)C6=O)nn4)CC3)cc2)cc1Nc1nccc(-c2cccnc2)n1. The lowest BCUT2D eigenvalue weighted by atomic mass is 10.0. The molecular weight excluding hydrogens is 1030 g/mol. The minimum Gasteiger partial charge on any atom is -0.382 e. The van der Waals surface area contributed by atoms with E-state index in [9.17, 15) is 28.8 Å². The Labute approximate surface area is 462 Å². The Morgan fingerprint density at radius 3 is 2.30 bits per heavy atom. The van der Waals surface area contributed by atoms with Gasteiger partial charge in [-0.1, -0.05) is 29.5 Å². The molecule has 6 aromatic rings. The van der Waals surface area contributed by atoms with Crippen LogP contribution in [-0.2, 0) is 52.8 Å². The van der Waals surface area contributed by atoms with Crippen LogP contribution in [0.4, 0.5) is 23.0 Å². The number of fused-ring (bicyclic) bond motifs is 1. The van der Waals surface area contributed by atoms with Gasteiger partial charge in [0.05, 0.1) is 81.9 Å². The number of imide groups is 2. The molecule has 4 N–H and O–H groups in total. The number of pyridine rings is 1. The number of anilines is 4. The molecule has 2 saturated heterocycles. The Hall–Kier alpha value is -8.35. The highest BCUT2D eigenvalue weighted by Gasteiger charge is 2.45. The second-order valence-corrected chi connectivity index (χ2v) is 19.3. The number of benzene rings is 3. The topological polar surface area (TPSA) is 267 Å². The third kappa shape index (κ3) is 15.3. The summed E-state index contributed by atoms with van der Waals surface area (Å²) in [5.74, 6) is -1.84. The van der Waals surface area contributed by atoms with Crippen molar-refractivity contribution in [3.8, 4) is 11.3 Å². The second-order valence-electron chi connectivity index (χ2n) is 19.3. The quantitative estimate of drug-likeness (QED) is 0.0384. The summed E-state index contributed by atoms with van der Waals surface area (Å²) in [6, 6.07) is 22.8. The molecule has 1 unspecified atom stereocenters. The van der Waals surface area contributed by atoms with Gasteiger partial charge in [-0.05, 0) is 91.9 Å². The Morgan fingerprint density at radius 2 is 1.55 bits per heavy atom. The molecule has 3 aromatic heterocycles. The summed E-state index contributed by atoms with van der Waals surface area (Å²) in [6.07, 6.45) is 8.98. The van der Waals surface area contributed by atoms with E-state index in [-0.39, 0.29) is 35.8 Å². The average Bonchev–Trinajstić information content (AvgIpc) is 4.06. The monoisotopic (exact) mass is 1090 g/mol. The van der Waals surface area contributed by atoms with Crippen LogP contribution in [0.5, 0.6) is 0 Å². The lowest BCUT2D eigenvalue weighted by Crippen LogP contribution is -2.54. The number of piperazine rings is 1. The molecule has 0 aliphatic carbocycles. The summed E-state index contributed by atoms with van der Waals surface area (Å²) >= 11 is 0. The number of aryl methyl sites for hydroxylation is 2. The number of hydrogen-bond donors (Lipinski definition) is 4. The summed E-state index contributed by atoms with van der Waals surface area (Å²) in [6.45, 7) is 9.58. The van der Waals surface area contributed by atoms with E-state index in [2.05, 4.69) is 51.4 Å². The number of carbonyl (C=O) groups excluding carboxylic acids is 6. The third-order valence-corrected chi connectivity index (χ3v) is 13.7. The van der Waals surface area contributed by atoms with Crippen LogP contribution in [0, 0.1) is 6.92 Å². The molecule has 6 heterocycles. The lowest BCUT2D eigenvalue weighted by Gasteiger charge is -2.34. The van der Waals surface area contributed by atoms with E-state index in [1.807, 2.05) is 78.7 Å². The van der Waals surface area contributed by atoms with E-state index in [1.165, 1.54) is 0 Å². The first-order valence-electron chi connectivity index (χ1n) is 26.9. The Morgan fingerprint density at radius 1 is 0.787 bits per heavy atom. The second kappa shape index (κ2) is 28.0. The van der Waals surface area contributed by atoms with Gasteiger partial charge in [-0.15, -0.1) is 5.10 Å². The standard InChI is InChI=1S/C57H65N13O10/c1-39-10-15-43(35-48(39)63-57-60-20-18-46(62-57)42-5-4-19-58-36-42)61-53(73)41-13-11-40(12-14-41)37-67-22-24-68(25-23-67)51(72)9-2-6-44-38-69(66-65-44)26-28-78-30-32-80-34-33-79-31-29-77-27-21-59-47-8-3-7-45-52(47)56(76)70(55(45)75)49-16-17-50(71)64-54(49)74/h3-5,7-8,10-15,18-20,35-36,38,49,59H,2,6,9,16-17,21-34,37H2,1H3,(H,61,73)(H,60,62,63)(H,64,71,74). The highest BCUT2D eigenvalue weighted by Crippen LogP contribution is 2.32. The number of aromatic nitrogens is 6. The molecule has 0 bridgehead atoms. The fourth-order valence-corrected chi connectivity index (χ4v) is 9.41. The van der Waals surface area contributed by atoms with Gasteiger partial charge < -0.3 is 39.8 Å². The van der Waals surface area contributed by atoms with Crippen LogP contribution in [0.1, 0.15) is 73.6 Å². The molecule has 1 atom stereocenters. The summed E-state index contributed by atoms with van der Waals surface area (Å²) in [7, 11) is 0. The summed E-state index contributed by atoms with van der Waals surface area (Å²) in [5.41, 5.74) is 7.37. The van der Waals surface area contributed by atoms with Gasteiger partial charge in [0.2, 0.25) is 23.7 Å². The summed E-state index contributed by atoms with van der Waals surface area (Å²) in [4.78, 5) is 95.0. The van der Waals surface area contributed by atoms with Crippen LogP contribution in [0.2, 0.25) is 0 Å². The van der Waals surface area contributed by atoms with Crippen LogP contribution in [0.15, 0.2) is 104 Å². The fraction of sp³-hybridized carbons (Fsp3) is 0.386. The Kier molecular flexibility index (Phi) is 19.7. The van der Waals surface area contributed by atoms with Crippen molar-refractivity contribution in [1.82, 2.24) is 50.0 Å². The van der Waals surface area contributed by atoms with Crippen molar-refractivity contribution in [2.24, 2.45) is 0 Å². The smallest absolute Gasteiger partial charge is 0.264 e. The number of hydrogen-bond acceptors (Lipinski definition) is 18. The molecule has 6 amide bonds. The number of carbonyl (C=O) groups is 6. The van der Waals surface area contributed by atoms with Crippen molar-refractivity contribution in [2.75, 3.05) is 102 Å². The van der Waals surface area contributed by atoms with Crippen LogP contribution < -0.4 is 21.3 Å².